The van der Waals surface area contributed by atoms with E-state index in [1.807, 2.05) is 59.8 Å². The topological polar surface area (TPSA) is 73.4 Å². The summed E-state index contributed by atoms with van der Waals surface area (Å²) in [6.07, 6.45) is 1.16. The quantitative estimate of drug-likeness (QED) is 0.865. The van der Waals surface area contributed by atoms with Crippen LogP contribution in [0.1, 0.15) is 35.1 Å². The third kappa shape index (κ3) is 2.93. The number of nitrogens with two attached hydrogens (primary N) is 1. The van der Waals surface area contributed by atoms with E-state index in [1.54, 1.807) is 11.3 Å². The third-order valence-electron chi connectivity index (χ3n) is 5.44. The van der Waals surface area contributed by atoms with E-state index in [0.29, 0.717) is 29.8 Å². The fourth-order valence-electron chi connectivity index (χ4n) is 4.27. The predicted molar refractivity (Wildman–Crippen MR) is 110 cm³/mol. The zero-order valence-electron chi connectivity index (χ0n) is 15.9. The van der Waals surface area contributed by atoms with Gasteiger partial charge in [0.2, 0.25) is 0 Å². The van der Waals surface area contributed by atoms with Gasteiger partial charge in [0, 0.05) is 36.7 Å². The first-order valence-corrected chi connectivity index (χ1v) is 10.1. The Kier molecular flexibility index (Phi) is 4.80. The van der Waals surface area contributed by atoms with Gasteiger partial charge in [0.15, 0.2) is 5.78 Å². The second-order valence-corrected chi connectivity index (χ2v) is 8.30. The number of thiophene rings is 1. The Hall–Kier alpha value is -2.88. The third-order valence-corrected chi connectivity index (χ3v) is 6.38. The van der Waals surface area contributed by atoms with Crippen molar-refractivity contribution in [3.05, 3.63) is 80.9 Å². The van der Waals surface area contributed by atoms with E-state index in [0.717, 1.165) is 16.1 Å². The smallest absolute Gasteiger partial charge is 0.162 e. The van der Waals surface area contributed by atoms with Crippen molar-refractivity contribution in [1.29, 1.82) is 5.26 Å². The summed E-state index contributed by atoms with van der Waals surface area (Å²) in [6, 6.07) is 16.3. The van der Waals surface area contributed by atoms with Crippen molar-refractivity contribution in [2.45, 2.75) is 24.7 Å². The molecule has 1 aromatic heterocycles. The Morgan fingerprint density at radius 2 is 1.93 bits per heavy atom. The first-order valence-electron chi connectivity index (χ1n) is 9.24. The first kappa shape index (κ1) is 18.5. The Bertz CT molecular complexity index is 999. The first-order chi connectivity index (χ1) is 13.5. The number of nitrogens with zero attached hydrogens (tertiary/aromatic N) is 3. The van der Waals surface area contributed by atoms with Gasteiger partial charge < -0.3 is 5.73 Å². The average Bonchev–Trinajstić information content (AvgIpc) is 3.21. The maximum atomic E-state index is 13.4. The van der Waals surface area contributed by atoms with E-state index in [-0.39, 0.29) is 17.6 Å². The number of hydrogen-bond acceptors (Lipinski definition) is 6. The molecule has 2 heterocycles. The molecule has 2 aliphatic rings. The van der Waals surface area contributed by atoms with Gasteiger partial charge in [0.1, 0.15) is 5.82 Å². The Labute approximate surface area is 169 Å². The number of nitriles is 1. The van der Waals surface area contributed by atoms with Crippen molar-refractivity contribution in [3.8, 4) is 6.07 Å². The summed E-state index contributed by atoms with van der Waals surface area (Å²) in [4.78, 5) is 14.4. The van der Waals surface area contributed by atoms with E-state index in [4.69, 9.17) is 5.73 Å². The number of Topliss-reactive ketones (excluding diaryl/α,β-unsaturated/α-hetero) is 1. The molecule has 0 bridgehead atoms. The lowest BCUT2D eigenvalue weighted by molar-refractivity contribution is -0.117. The molecule has 4 rings (SSSR count). The summed E-state index contributed by atoms with van der Waals surface area (Å²) >= 11 is 1.56. The molecule has 0 amide bonds. The van der Waals surface area contributed by atoms with Gasteiger partial charge in [-0.15, -0.1) is 11.3 Å². The van der Waals surface area contributed by atoms with Gasteiger partial charge in [-0.1, -0.05) is 36.4 Å². The molecule has 0 radical (unpaired) electrons. The molecule has 2 atom stereocenters. The molecule has 0 fully saturated rings. The van der Waals surface area contributed by atoms with Gasteiger partial charge >= 0.3 is 0 Å². The van der Waals surface area contributed by atoms with Crippen LogP contribution in [-0.4, -0.2) is 29.9 Å². The molecule has 6 heteroatoms. The second kappa shape index (κ2) is 7.27. The summed E-state index contributed by atoms with van der Waals surface area (Å²) < 4.78 is 0. The molecule has 2 N–H and O–H groups in total. The molecule has 5 nitrogen and oxygen atoms in total. The summed E-state index contributed by atoms with van der Waals surface area (Å²) in [6.45, 7) is 0. The Morgan fingerprint density at radius 3 is 2.54 bits per heavy atom. The van der Waals surface area contributed by atoms with Crippen LogP contribution in [0.3, 0.4) is 0 Å². The number of allylic oxidation sites excluding steroid dienone is 3. The zero-order valence-corrected chi connectivity index (χ0v) is 16.7. The van der Waals surface area contributed by atoms with Gasteiger partial charge in [-0.05, 0) is 29.3 Å². The standard InChI is InChI=1S/C22H22N4OS/c1-25(2)26-17-11-15(14-7-4-3-5-8-14)12-18(27)21(17)20(16(13-23)22(26)24)19-9-6-10-28-19/h3-10,15,20H,11-12,24H2,1-2H3. The molecule has 1 aliphatic heterocycles. The van der Waals surface area contributed by atoms with Gasteiger partial charge in [-0.25, -0.2) is 5.01 Å². The van der Waals surface area contributed by atoms with Crippen molar-refractivity contribution < 1.29 is 4.79 Å². The average molecular weight is 391 g/mol. The van der Waals surface area contributed by atoms with E-state index in [1.165, 1.54) is 0 Å². The number of hydrogen-bond donors (Lipinski definition) is 1. The second-order valence-electron chi connectivity index (χ2n) is 7.32. The summed E-state index contributed by atoms with van der Waals surface area (Å²) in [7, 11) is 3.77. The van der Waals surface area contributed by atoms with Crippen LogP contribution in [0.2, 0.25) is 0 Å². The van der Waals surface area contributed by atoms with Crippen LogP contribution in [0.25, 0.3) is 0 Å². The minimum Gasteiger partial charge on any atom is -0.383 e. The summed E-state index contributed by atoms with van der Waals surface area (Å²) in [5.41, 5.74) is 9.69. The zero-order chi connectivity index (χ0) is 19.8. The molecule has 142 valence electrons. The van der Waals surface area contributed by atoms with Crippen LogP contribution >= 0.6 is 11.3 Å². The molecular weight excluding hydrogens is 368 g/mol. The number of carbonyl (C=O) groups excluding carboxylic acids is 1. The van der Waals surface area contributed by atoms with E-state index in [2.05, 4.69) is 18.2 Å². The molecular formula is C22H22N4OS. The lowest BCUT2D eigenvalue weighted by atomic mass is 9.74. The van der Waals surface area contributed by atoms with Crippen molar-refractivity contribution in [3.63, 3.8) is 0 Å². The van der Waals surface area contributed by atoms with Crippen LogP contribution in [0.5, 0.6) is 0 Å². The number of benzene rings is 1. The summed E-state index contributed by atoms with van der Waals surface area (Å²) in [5, 5.41) is 15.5. The van der Waals surface area contributed by atoms with Crippen LogP contribution in [0.15, 0.2) is 70.5 Å². The minimum absolute atomic E-state index is 0.0978. The maximum Gasteiger partial charge on any atom is 0.162 e. The van der Waals surface area contributed by atoms with Crippen molar-refractivity contribution in [2.75, 3.05) is 14.1 Å². The fourth-order valence-corrected chi connectivity index (χ4v) is 5.11. The fraction of sp³-hybridized carbons (Fsp3) is 0.273. The van der Waals surface area contributed by atoms with Gasteiger partial charge in [0.25, 0.3) is 0 Å². The Morgan fingerprint density at radius 1 is 1.18 bits per heavy atom. The van der Waals surface area contributed by atoms with Gasteiger partial charge in [-0.2, -0.15) is 5.26 Å². The lowest BCUT2D eigenvalue weighted by Crippen LogP contribution is -2.45. The van der Waals surface area contributed by atoms with Crippen molar-refractivity contribution in [1.82, 2.24) is 10.0 Å². The Balaban J connectivity index is 1.88. The minimum atomic E-state index is -0.375. The molecule has 0 saturated carbocycles. The maximum absolute atomic E-state index is 13.4. The van der Waals surface area contributed by atoms with Crippen LogP contribution in [0.4, 0.5) is 0 Å². The number of ketones is 1. The highest BCUT2D eigenvalue weighted by Crippen LogP contribution is 2.48. The molecule has 28 heavy (non-hydrogen) atoms. The molecule has 2 aromatic rings. The normalized spacial score (nSPS) is 22.5. The predicted octanol–water partition coefficient (Wildman–Crippen LogP) is 3.72. The number of hydrazine groups is 1. The van der Waals surface area contributed by atoms with Gasteiger partial charge in [0.05, 0.1) is 17.6 Å². The molecule has 1 aliphatic carbocycles. The largest absolute Gasteiger partial charge is 0.383 e. The van der Waals surface area contributed by atoms with Crippen LogP contribution in [-0.2, 0) is 4.79 Å². The summed E-state index contributed by atoms with van der Waals surface area (Å²) in [5.74, 6) is 0.238. The molecule has 1 aromatic carbocycles. The molecule has 2 unspecified atom stereocenters. The number of rotatable bonds is 3. The lowest BCUT2D eigenvalue weighted by Gasteiger charge is -2.43. The monoisotopic (exact) mass is 390 g/mol. The van der Waals surface area contributed by atoms with Crippen molar-refractivity contribution in [2.24, 2.45) is 5.73 Å². The highest BCUT2D eigenvalue weighted by atomic mass is 32.1. The SMILES string of the molecule is CN(C)N1C(N)=C(C#N)C(c2cccs2)C2=C1CC(c1ccccc1)CC2=O. The molecule has 0 spiro atoms. The highest BCUT2D eigenvalue weighted by molar-refractivity contribution is 7.10. The van der Waals surface area contributed by atoms with E-state index in [9.17, 15) is 10.1 Å². The number of carbonyl (C=O) groups is 1. The molecule has 0 saturated heterocycles. The van der Waals surface area contributed by atoms with Gasteiger partial charge in [-0.3, -0.25) is 9.80 Å². The van der Waals surface area contributed by atoms with Crippen molar-refractivity contribution >= 4 is 17.1 Å². The van der Waals surface area contributed by atoms with Crippen LogP contribution in [0, 0.1) is 11.3 Å². The van der Waals surface area contributed by atoms with E-state index < -0.39 is 0 Å². The van der Waals surface area contributed by atoms with E-state index >= 15 is 0 Å². The highest BCUT2D eigenvalue weighted by Gasteiger charge is 2.43. The van der Waals surface area contributed by atoms with Crippen LogP contribution < -0.4 is 5.73 Å².